The van der Waals surface area contributed by atoms with Crippen molar-refractivity contribution < 1.29 is 10.0 Å². The maximum Gasteiger partial charge on any atom is 0.477 e. The first kappa shape index (κ1) is 13.8. The van der Waals surface area contributed by atoms with Crippen LogP contribution in [0.15, 0.2) is 36.5 Å². The Hall–Kier alpha value is -1.66. The van der Waals surface area contributed by atoms with Gasteiger partial charge in [0.1, 0.15) is 5.69 Å². The molecule has 6 heteroatoms. The third-order valence-electron chi connectivity index (χ3n) is 2.98. The molecule has 1 atom stereocenters. The second-order valence-electron chi connectivity index (χ2n) is 5.06. The topological polar surface area (TPSA) is 71.2 Å². The van der Waals surface area contributed by atoms with E-state index in [2.05, 4.69) is 10.3 Å². The zero-order valence-corrected chi connectivity index (χ0v) is 11.1. The molecule has 2 rings (SSSR count). The van der Waals surface area contributed by atoms with Gasteiger partial charge in [-0.1, -0.05) is 49.4 Å². The number of hydrogen-bond donors (Lipinski definition) is 2. The summed E-state index contributed by atoms with van der Waals surface area (Å²) in [6, 6.07) is 9.69. The first-order valence-corrected chi connectivity index (χ1v) is 6.41. The van der Waals surface area contributed by atoms with Crippen LogP contribution in [0.3, 0.4) is 0 Å². The van der Waals surface area contributed by atoms with Crippen LogP contribution >= 0.6 is 0 Å². The minimum Gasteiger partial charge on any atom is -0.426 e. The van der Waals surface area contributed by atoms with Crippen molar-refractivity contribution in [2.24, 2.45) is 5.92 Å². The van der Waals surface area contributed by atoms with Crippen LogP contribution in [0.4, 0.5) is 0 Å². The Labute approximate surface area is 113 Å². The molecule has 19 heavy (non-hydrogen) atoms. The van der Waals surface area contributed by atoms with Crippen molar-refractivity contribution in [1.29, 1.82) is 0 Å². The lowest BCUT2D eigenvalue weighted by Gasteiger charge is -2.17. The molecule has 0 spiro atoms. The summed E-state index contributed by atoms with van der Waals surface area (Å²) in [5.41, 5.74) is 1.69. The van der Waals surface area contributed by atoms with Gasteiger partial charge in [0.2, 0.25) is 0 Å². The summed E-state index contributed by atoms with van der Waals surface area (Å²) in [4.78, 5) is 0. The summed E-state index contributed by atoms with van der Waals surface area (Å²) in [7, 11) is -1.44. The van der Waals surface area contributed by atoms with Crippen LogP contribution in [-0.2, 0) is 0 Å². The summed E-state index contributed by atoms with van der Waals surface area (Å²) < 4.78 is 1.53. The molecule has 0 fully saturated rings. The monoisotopic (exact) mass is 259 g/mol. The van der Waals surface area contributed by atoms with Crippen molar-refractivity contribution in [3.05, 3.63) is 36.5 Å². The molecule has 0 saturated carbocycles. The Morgan fingerprint density at radius 3 is 2.47 bits per heavy atom. The van der Waals surface area contributed by atoms with Gasteiger partial charge < -0.3 is 10.0 Å². The van der Waals surface area contributed by atoms with E-state index in [0.29, 0.717) is 12.3 Å². The molecule has 1 aromatic heterocycles. The number of nitrogens with zero attached hydrogens (tertiary/aromatic N) is 3. The van der Waals surface area contributed by atoms with E-state index in [1.165, 1.54) is 4.68 Å². The Bertz CT molecular complexity index is 514. The van der Waals surface area contributed by atoms with E-state index in [1.807, 2.05) is 44.2 Å². The normalized spacial score (nSPS) is 12.7. The Balaban J connectivity index is 2.24. The van der Waals surface area contributed by atoms with E-state index in [1.54, 1.807) is 6.20 Å². The van der Waals surface area contributed by atoms with Crippen LogP contribution in [0, 0.1) is 5.92 Å². The quantitative estimate of drug-likeness (QED) is 0.799. The average molecular weight is 259 g/mol. The van der Waals surface area contributed by atoms with Crippen LogP contribution in [0.25, 0.3) is 11.3 Å². The number of rotatable bonds is 5. The van der Waals surface area contributed by atoms with Crippen molar-refractivity contribution in [1.82, 2.24) is 15.0 Å². The molecule has 1 heterocycles. The van der Waals surface area contributed by atoms with Gasteiger partial charge in [0, 0.05) is 5.56 Å². The summed E-state index contributed by atoms with van der Waals surface area (Å²) in [6.45, 7) is 4.06. The van der Waals surface area contributed by atoms with Crippen molar-refractivity contribution in [3.63, 3.8) is 0 Å². The maximum absolute atomic E-state index is 9.46. The highest BCUT2D eigenvalue weighted by Crippen LogP contribution is 2.21. The summed E-state index contributed by atoms with van der Waals surface area (Å²) >= 11 is 0. The highest BCUT2D eigenvalue weighted by Gasteiger charge is 2.27. The molecule has 2 N–H and O–H groups in total. The van der Waals surface area contributed by atoms with Gasteiger partial charge in [-0.25, -0.2) is 0 Å². The summed E-state index contributed by atoms with van der Waals surface area (Å²) in [5.74, 6) is -0.124. The SMILES string of the molecule is CC(C)CC(B(O)O)n1cc(-c2ccccc2)nn1. The van der Waals surface area contributed by atoms with Gasteiger partial charge >= 0.3 is 7.12 Å². The van der Waals surface area contributed by atoms with Crippen LogP contribution in [0.2, 0.25) is 0 Å². The molecule has 0 aliphatic heterocycles. The fraction of sp³-hybridized carbons (Fsp3) is 0.385. The molecule has 0 saturated heterocycles. The Kier molecular flexibility index (Phi) is 4.34. The second kappa shape index (κ2) is 5.99. The molecular weight excluding hydrogens is 241 g/mol. The van der Waals surface area contributed by atoms with E-state index in [0.717, 1.165) is 11.3 Å². The lowest BCUT2D eigenvalue weighted by Crippen LogP contribution is -2.30. The lowest BCUT2D eigenvalue weighted by molar-refractivity contribution is 0.324. The van der Waals surface area contributed by atoms with Crippen LogP contribution in [0.5, 0.6) is 0 Å². The second-order valence-corrected chi connectivity index (χ2v) is 5.06. The van der Waals surface area contributed by atoms with Gasteiger partial charge in [0.05, 0.1) is 12.1 Å². The first-order chi connectivity index (χ1) is 9.08. The van der Waals surface area contributed by atoms with E-state index < -0.39 is 13.1 Å². The fourth-order valence-corrected chi connectivity index (χ4v) is 2.03. The van der Waals surface area contributed by atoms with Gasteiger partial charge in [-0.15, -0.1) is 5.10 Å². The first-order valence-electron chi connectivity index (χ1n) is 6.41. The van der Waals surface area contributed by atoms with Gasteiger partial charge in [0.25, 0.3) is 0 Å². The van der Waals surface area contributed by atoms with E-state index in [9.17, 15) is 10.0 Å². The molecule has 5 nitrogen and oxygen atoms in total. The molecule has 0 bridgehead atoms. The Morgan fingerprint density at radius 1 is 1.21 bits per heavy atom. The fourth-order valence-electron chi connectivity index (χ4n) is 2.03. The van der Waals surface area contributed by atoms with Gasteiger partial charge in [-0.05, 0) is 12.3 Å². The van der Waals surface area contributed by atoms with Crippen molar-refractivity contribution in [2.45, 2.75) is 26.2 Å². The lowest BCUT2D eigenvalue weighted by atomic mass is 9.75. The van der Waals surface area contributed by atoms with Crippen molar-refractivity contribution in [2.75, 3.05) is 0 Å². The zero-order chi connectivity index (χ0) is 13.8. The van der Waals surface area contributed by atoms with Crippen LogP contribution < -0.4 is 0 Å². The van der Waals surface area contributed by atoms with Crippen molar-refractivity contribution in [3.8, 4) is 11.3 Å². The minimum atomic E-state index is -1.44. The van der Waals surface area contributed by atoms with Crippen molar-refractivity contribution >= 4 is 7.12 Å². The summed E-state index contributed by atoms with van der Waals surface area (Å²) in [6.07, 6.45) is 2.39. The third-order valence-corrected chi connectivity index (χ3v) is 2.98. The predicted octanol–water partition coefficient (Wildman–Crippen LogP) is 1.54. The molecule has 0 amide bonds. The molecular formula is C13H18BN3O2. The molecule has 1 unspecified atom stereocenters. The van der Waals surface area contributed by atoms with E-state index in [4.69, 9.17) is 0 Å². The van der Waals surface area contributed by atoms with Crippen LogP contribution in [-0.4, -0.2) is 32.2 Å². The van der Waals surface area contributed by atoms with Gasteiger partial charge in [-0.3, -0.25) is 4.68 Å². The smallest absolute Gasteiger partial charge is 0.426 e. The molecule has 100 valence electrons. The molecule has 0 radical (unpaired) electrons. The zero-order valence-electron chi connectivity index (χ0n) is 11.1. The molecule has 1 aromatic carbocycles. The number of aromatic nitrogens is 3. The van der Waals surface area contributed by atoms with Gasteiger partial charge in [-0.2, -0.15) is 0 Å². The van der Waals surface area contributed by atoms with E-state index >= 15 is 0 Å². The minimum absolute atomic E-state index is 0.344. The summed E-state index contributed by atoms with van der Waals surface area (Å²) in [5, 5.41) is 27.0. The third kappa shape index (κ3) is 3.42. The molecule has 2 aromatic rings. The highest BCUT2D eigenvalue weighted by molar-refractivity contribution is 6.42. The van der Waals surface area contributed by atoms with E-state index in [-0.39, 0.29) is 0 Å². The largest absolute Gasteiger partial charge is 0.477 e. The van der Waals surface area contributed by atoms with Crippen LogP contribution in [0.1, 0.15) is 26.2 Å². The highest BCUT2D eigenvalue weighted by atomic mass is 16.4. The Morgan fingerprint density at radius 2 is 1.89 bits per heavy atom. The number of benzene rings is 1. The standard InChI is InChI=1S/C13H18BN3O2/c1-10(2)8-13(14(18)19)17-9-12(15-16-17)11-6-4-3-5-7-11/h3-7,9-10,13,18-19H,8H2,1-2H3. The average Bonchev–Trinajstić information content (AvgIpc) is 2.86. The maximum atomic E-state index is 9.46. The molecule has 0 aliphatic carbocycles. The predicted molar refractivity (Wildman–Crippen MR) is 74.1 cm³/mol. The van der Waals surface area contributed by atoms with Gasteiger partial charge in [0.15, 0.2) is 0 Å². The molecule has 0 aliphatic rings. The number of hydrogen-bond acceptors (Lipinski definition) is 4.